The number of H-pyrrole nitrogens is 1. The molecular weight excluding hydrogens is 262 g/mol. The van der Waals surface area contributed by atoms with E-state index in [4.69, 9.17) is 18.0 Å². The molecule has 0 spiro atoms. The van der Waals surface area contributed by atoms with Crippen LogP contribution in [-0.4, -0.2) is 25.7 Å². The number of rotatable bonds is 4. The van der Waals surface area contributed by atoms with Gasteiger partial charge in [-0.25, -0.2) is 0 Å². The van der Waals surface area contributed by atoms with E-state index >= 15 is 0 Å². The summed E-state index contributed by atoms with van der Waals surface area (Å²) in [6, 6.07) is 5.52. The second-order valence-corrected chi connectivity index (χ2v) is 5.29. The molecule has 0 unspecified atom stereocenters. The fourth-order valence-electron chi connectivity index (χ4n) is 1.63. The molecule has 0 saturated carbocycles. The molecule has 100 valence electrons. The van der Waals surface area contributed by atoms with Crippen LogP contribution >= 0.6 is 12.2 Å². The van der Waals surface area contributed by atoms with Gasteiger partial charge in [0.15, 0.2) is 10.6 Å². The molecule has 0 atom stereocenters. The first kappa shape index (κ1) is 13.4. The predicted octanol–water partition coefficient (Wildman–Crippen LogP) is 1.51. The van der Waals surface area contributed by atoms with Gasteiger partial charge in [-0.05, 0) is 38.2 Å². The number of aromatic nitrogens is 4. The van der Waals surface area contributed by atoms with Gasteiger partial charge in [0.05, 0.1) is 5.41 Å². The summed E-state index contributed by atoms with van der Waals surface area (Å²) < 4.78 is 2.18. The number of amides is 1. The van der Waals surface area contributed by atoms with Gasteiger partial charge in [-0.1, -0.05) is 6.07 Å². The standard InChI is InChI=1S/C12H15N5OS/c1-12(2,10(13)18)7-17-9(15-16-11(17)19)8-5-3-4-6-14-8/h3-6H,7H2,1-2H3,(H2,13,18)(H,16,19). The van der Waals surface area contributed by atoms with E-state index in [9.17, 15) is 4.79 Å². The summed E-state index contributed by atoms with van der Waals surface area (Å²) in [5, 5.41) is 6.88. The number of hydrogen-bond donors (Lipinski definition) is 2. The van der Waals surface area contributed by atoms with Crippen LogP contribution in [0.3, 0.4) is 0 Å². The minimum atomic E-state index is -0.717. The van der Waals surface area contributed by atoms with E-state index in [2.05, 4.69) is 15.2 Å². The minimum absolute atomic E-state index is 0.351. The highest BCUT2D eigenvalue weighted by atomic mass is 32.1. The third-order valence-electron chi connectivity index (χ3n) is 2.87. The smallest absolute Gasteiger partial charge is 0.224 e. The summed E-state index contributed by atoms with van der Waals surface area (Å²) in [7, 11) is 0. The van der Waals surface area contributed by atoms with E-state index in [1.165, 1.54) is 0 Å². The van der Waals surface area contributed by atoms with Crippen LogP contribution in [0.1, 0.15) is 13.8 Å². The first-order valence-electron chi connectivity index (χ1n) is 5.78. The summed E-state index contributed by atoms with van der Waals surface area (Å²) in [6.45, 7) is 3.89. The average molecular weight is 277 g/mol. The number of hydrogen-bond acceptors (Lipinski definition) is 4. The van der Waals surface area contributed by atoms with Gasteiger partial charge in [0.2, 0.25) is 5.91 Å². The number of carbonyl (C=O) groups excluding carboxylic acids is 1. The Hall–Kier alpha value is -2.02. The van der Waals surface area contributed by atoms with Crippen LogP contribution in [0.4, 0.5) is 0 Å². The van der Waals surface area contributed by atoms with Crippen molar-refractivity contribution in [3.05, 3.63) is 29.2 Å². The molecule has 7 heteroatoms. The van der Waals surface area contributed by atoms with Crippen LogP contribution in [0.25, 0.3) is 11.5 Å². The van der Waals surface area contributed by atoms with Crippen molar-refractivity contribution in [2.75, 3.05) is 0 Å². The fraction of sp³-hybridized carbons (Fsp3) is 0.333. The quantitative estimate of drug-likeness (QED) is 0.829. The molecule has 1 amide bonds. The maximum Gasteiger partial charge on any atom is 0.224 e. The molecule has 0 aliphatic heterocycles. The van der Waals surface area contributed by atoms with Crippen molar-refractivity contribution in [2.24, 2.45) is 11.1 Å². The average Bonchev–Trinajstić information content (AvgIpc) is 2.71. The zero-order valence-corrected chi connectivity index (χ0v) is 11.6. The molecule has 3 N–H and O–H groups in total. The molecule has 0 radical (unpaired) electrons. The molecule has 2 aromatic rings. The SMILES string of the molecule is CC(C)(Cn1c(-c2ccccn2)n[nH]c1=S)C(N)=O. The molecule has 0 aromatic carbocycles. The first-order chi connectivity index (χ1) is 8.92. The number of nitrogens with zero attached hydrogens (tertiary/aromatic N) is 3. The van der Waals surface area contributed by atoms with Crippen LogP contribution in [0.5, 0.6) is 0 Å². The predicted molar refractivity (Wildman–Crippen MR) is 73.6 cm³/mol. The Morgan fingerprint density at radius 2 is 2.26 bits per heavy atom. The molecule has 0 fully saturated rings. The molecule has 6 nitrogen and oxygen atoms in total. The van der Waals surface area contributed by atoms with Crippen molar-refractivity contribution >= 4 is 18.1 Å². The Bertz CT molecular complexity index is 644. The lowest BCUT2D eigenvalue weighted by Crippen LogP contribution is -2.35. The number of aromatic amines is 1. The summed E-state index contributed by atoms with van der Waals surface area (Å²) in [5.74, 6) is 0.211. The van der Waals surface area contributed by atoms with Crippen molar-refractivity contribution in [3.8, 4) is 11.5 Å². The highest BCUT2D eigenvalue weighted by Gasteiger charge is 2.27. The Labute approximate surface area is 115 Å². The summed E-state index contributed by atoms with van der Waals surface area (Å²) in [6.07, 6.45) is 1.68. The molecule has 2 rings (SSSR count). The largest absolute Gasteiger partial charge is 0.369 e. The lowest BCUT2D eigenvalue weighted by molar-refractivity contribution is -0.126. The van der Waals surface area contributed by atoms with Crippen LogP contribution in [0, 0.1) is 10.2 Å². The number of nitrogens with one attached hydrogen (secondary N) is 1. The number of nitrogens with two attached hydrogens (primary N) is 1. The van der Waals surface area contributed by atoms with Gasteiger partial charge in [0.25, 0.3) is 0 Å². The van der Waals surface area contributed by atoms with Crippen molar-refractivity contribution < 1.29 is 4.79 Å². The lowest BCUT2D eigenvalue weighted by Gasteiger charge is -2.21. The molecule has 0 saturated heterocycles. The van der Waals surface area contributed by atoms with Crippen LogP contribution in [0.2, 0.25) is 0 Å². The first-order valence-corrected chi connectivity index (χ1v) is 6.19. The van der Waals surface area contributed by atoms with Gasteiger partial charge in [0.1, 0.15) is 5.69 Å². The summed E-state index contributed by atoms with van der Waals surface area (Å²) in [5.41, 5.74) is 5.37. The zero-order valence-electron chi connectivity index (χ0n) is 10.8. The molecule has 0 aliphatic carbocycles. The molecule has 0 bridgehead atoms. The van der Waals surface area contributed by atoms with Crippen LogP contribution in [0.15, 0.2) is 24.4 Å². The number of carbonyl (C=O) groups is 1. The van der Waals surface area contributed by atoms with Crippen molar-refractivity contribution in [2.45, 2.75) is 20.4 Å². The Balaban J connectivity index is 2.45. The molecular formula is C12H15N5OS. The van der Waals surface area contributed by atoms with Crippen LogP contribution in [-0.2, 0) is 11.3 Å². The topological polar surface area (TPSA) is 89.6 Å². The summed E-state index contributed by atoms with van der Waals surface area (Å²) in [4.78, 5) is 15.7. The third kappa shape index (κ3) is 2.70. The highest BCUT2D eigenvalue weighted by molar-refractivity contribution is 7.71. The van der Waals surface area contributed by atoms with E-state index < -0.39 is 5.41 Å². The van der Waals surface area contributed by atoms with Crippen molar-refractivity contribution in [1.29, 1.82) is 0 Å². The van der Waals surface area contributed by atoms with Crippen molar-refractivity contribution in [1.82, 2.24) is 19.7 Å². The molecule has 2 aromatic heterocycles. The highest BCUT2D eigenvalue weighted by Crippen LogP contribution is 2.22. The van der Waals surface area contributed by atoms with Crippen molar-refractivity contribution in [3.63, 3.8) is 0 Å². The van der Waals surface area contributed by atoms with Gasteiger partial charge in [-0.2, -0.15) is 5.10 Å². The van der Waals surface area contributed by atoms with Gasteiger partial charge < -0.3 is 5.73 Å². The van der Waals surface area contributed by atoms with E-state index in [-0.39, 0.29) is 5.91 Å². The minimum Gasteiger partial charge on any atom is -0.369 e. The van der Waals surface area contributed by atoms with E-state index in [0.29, 0.717) is 22.8 Å². The zero-order chi connectivity index (χ0) is 14.0. The third-order valence-corrected chi connectivity index (χ3v) is 3.18. The van der Waals surface area contributed by atoms with E-state index in [1.807, 2.05) is 18.2 Å². The van der Waals surface area contributed by atoms with Gasteiger partial charge in [-0.3, -0.25) is 19.4 Å². The summed E-state index contributed by atoms with van der Waals surface area (Å²) >= 11 is 5.19. The monoisotopic (exact) mass is 277 g/mol. The van der Waals surface area contributed by atoms with Gasteiger partial charge in [0, 0.05) is 12.7 Å². The Morgan fingerprint density at radius 1 is 1.53 bits per heavy atom. The van der Waals surface area contributed by atoms with E-state index in [0.717, 1.165) is 0 Å². The maximum absolute atomic E-state index is 11.4. The number of primary amides is 1. The lowest BCUT2D eigenvalue weighted by atomic mass is 9.92. The van der Waals surface area contributed by atoms with Gasteiger partial charge in [-0.15, -0.1) is 0 Å². The maximum atomic E-state index is 11.4. The Morgan fingerprint density at radius 3 is 2.84 bits per heavy atom. The second kappa shape index (κ2) is 4.93. The Kier molecular flexibility index (Phi) is 3.48. The molecule has 0 aliphatic rings. The second-order valence-electron chi connectivity index (χ2n) is 4.90. The molecule has 2 heterocycles. The van der Waals surface area contributed by atoms with Gasteiger partial charge >= 0.3 is 0 Å². The molecule has 19 heavy (non-hydrogen) atoms. The fourth-order valence-corrected chi connectivity index (χ4v) is 1.82. The number of pyridine rings is 1. The normalized spacial score (nSPS) is 11.5. The van der Waals surface area contributed by atoms with E-state index in [1.54, 1.807) is 24.6 Å². The van der Waals surface area contributed by atoms with Crippen LogP contribution < -0.4 is 5.73 Å².